The van der Waals surface area contributed by atoms with Gasteiger partial charge in [0.15, 0.2) is 17.1 Å². The summed E-state index contributed by atoms with van der Waals surface area (Å²) in [6, 6.07) is 5.31. The molecule has 0 N–H and O–H groups in total. The summed E-state index contributed by atoms with van der Waals surface area (Å²) in [7, 11) is 3.33. The van der Waals surface area contributed by atoms with Crippen molar-refractivity contribution in [1.82, 2.24) is 4.98 Å². The highest BCUT2D eigenvalue weighted by atomic mass is 16.5. The molecule has 0 spiro atoms. The second-order valence-corrected chi connectivity index (χ2v) is 4.98. The van der Waals surface area contributed by atoms with Crippen LogP contribution in [-0.2, 0) is 9.47 Å². The summed E-state index contributed by atoms with van der Waals surface area (Å²) in [6.45, 7) is 0.583. The number of Topliss-reactive ketones (excluding diaryl/α,β-unsaturated/α-hetero) is 1. The molecule has 1 unspecified atom stereocenters. The van der Waals surface area contributed by atoms with Gasteiger partial charge < -0.3 is 13.9 Å². The molecule has 0 aliphatic carbocycles. The number of hydrogen-bond acceptors (Lipinski definition) is 5. The van der Waals surface area contributed by atoms with E-state index in [4.69, 9.17) is 13.9 Å². The first-order chi connectivity index (χ1) is 10.2. The summed E-state index contributed by atoms with van der Waals surface area (Å²) in [5.41, 5.74) is 1.38. The van der Waals surface area contributed by atoms with E-state index in [9.17, 15) is 4.79 Å². The van der Waals surface area contributed by atoms with Crippen molar-refractivity contribution in [2.24, 2.45) is 0 Å². The maximum Gasteiger partial charge on any atom is 0.198 e. The predicted molar refractivity (Wildman–Crippen MR) is 79.5 cm³/mol. The monoisotopic (exact) mass is 291 g/mol. The van der Waals surface area contributed by atoms with Gasteiger partial charge in [-0.3, -0.25) is 9.78 Å². The van der Waals surface area contributed by atoms with E-state index in [1.165, 1.54) is 0 Å². The van der Waals surface area contributed by atoms with Crippen molar-refractivity contribution in [1.29, 1.82) is 0 Å². The number of carbonyl (C=O) groups excluding carboxylic acids is 1. The van der Waals surface area contributed by atoms with E-state index in [1.54, 1.807) is 32.5 Å². The molecule has 0 amide bonds. The van der Waals surface area contributed by atoms with Crippen LogP contribution in [0.2, 0.25) is 0 Å². The molecule has 0 saturated heterocycles. The highest BCUT2D eigenvalue weighted by Gasteiger charge is 2.13. The van der Waals surface area contributed by atoms with Crippen LogP contribution in [0.3, 0.4) is 0 Å². The fourth-order valence-corrected chi connectivity index (χ4v) is 2.24. The molecule has 2 heterocycles. The average molecular weight is 291 g/mol. The minimum absolute atomic E-state index is 0.0220. The molecule has 21 heavy (non-hydrogen) atoms. The summed E-state index contributed by atoms with van der Waals surface area (Å²) in [4.78, 5) is 16.2. The minimum Gasteiger partial charge on any atom is -0.451 e. The average Bonchev–Trinajstić information content (AvgIpc) is 2.94. The van der Waals surface area contributed by atoms with E-state index in [1.807, 2.05) is 6.07 Å². The van der Waals surface area contributed by atoms with Crippen LogP contribution in [0.15, 0.2) is 28.8 Å². The van der Waals surface area contributed by atoms with E-state index in [0.29, 0.717) is 24.4 Å². The number of aromatic nitrogens is 1. The quantitative estimate of drug-likeness (QED) is 0.524. The molecule has 0 aliphatic rings. The summed E-state index contributed by atoms with van der Waals surface area (Å²) < 4.78 is 15.9. The van der Waals surface area contributed by atoms with Crippen LogP contribution in [-0.4, -0.2) is 37.7 Å². The number of furan rings is 1. The standard InChI is InChI=1S/C16H21NO4/c1-19-11-12(20-2)6-3-4-7-14(18)16-10-13-15(21-16)8-5-9-17-13/h5,8-10,12H,3-4,6-7,11H2,1-2H3. The number of fused-ring (bicyclic) bond motifs is 1. The number of carbonyl (C=O) groups is 1. The van der Waals surface area contributed by atoms with E-state index in [-0.39, 0.29) is 11.9 Å². The Hall–Kier alpha value is -1.72. The van der Waals surface area contributed by atoms with Crippen LogP contribution in [0.1, 0.15) is 36.2 Å². The van der Waals surface area contributed by atoms with Crippen LogP contribution in [0.25, 0.3) is 11.1 Å². The van der Waals surface area contributed by atoms with Gasteiger partial charge in [0.1, 0.15) is 5.52 Å². The van der Waals surface area contributed by atoms with Crippen LogP contribution in [0.5, 0.6) is 0 Å². The Bertz CT molecular complexity index is 545. The second-order valence-electron chi connectivity index (χ2n) is 4.98. The molecule has 0 fully saturated rings. The summed E-state index contributed by atoms with van der Waals surface area (Å²) in [5, 5.41) is 0. The first-order valence-electron chi connectivity index (χ1n) is 7.14. The number of rotatable bonds is 9. The molecule has 5 nitrogen and oxygen atoms in total. The van der Waals surface area contributed by atoms with Gasteiger partial charge in [-0.2, -0.15) is 0 Å². The van der Waals surface area contributed by atoms with E-state index in [0.717, 1.165) is 24.8 Å². The summed E-state index contributed by atoms with van der Waals surface area (Å²) in [6.07, 6.45) is 4.88. The Balaban J connectivity index is 1.79. The molecule has 114 valence electrons. The zero-order chi connectivity index (χ0) is 15.1. The van der Waals surface area contributed by atoms with Gasteiger partial charge in [-0.05, 0) is 25.0 Å². The van der Waals surface area contributed by atoms with Crippen molar-refractivity contribution in [3.05, 3.63) is 30.2 Å². The zero-order valence-corrected chi connectivity index (χ0v) is 12.5. The van der Waals surface area contributed by atoms with Gasteiger partial charge in [0.25, 0.3) is 0 Å². The van der Waals surface area contributed by atoms with Gasteiger partial charge in [-0.25, -0.2) is 0 Å². The minimum atomic E-state index is 0.0220. The lowest BCUT2D eigenvalue weighted by Crippen LogP contribution is -2.17. The normalized spacial score (nSPS) is 12.7. The molecule has 2 aromatic heterocycles. The number of unbranched alkanes of at least 4 members (excludes halogenated alkanes) is 1. The largest absolute Gasteiger partial charge is 0.451 e. The van der Waals surface area contributed by atoms with Crippen molar-refractivity contribution in [2.45, 2.75) is 31.8 Å². The Morgan fingerprint density at radius 2 is 2.24 bits per heavy atom. The third kappa shape index (κ3) is 4.37. The predicted octanol–water partition coefficient (Wildman–Crippen LogP) is 3.23. The molecule has 1 atom stereocenters. The molecule has 0 bridgehead atoms. The zero-order valence-electron chi connectivity index (χ0n) is 12.5. The topological polar surface area (TPSA) is 61.6 Å². The molecule has 0 aromatic carbocycles. The summed E-state index contributed by atoms with van der Waals surface area (Å²) in [5.74, 6) is 0.414. The van der Waals surface area contributed by atoms with Crippen molar-refractivity contribution < 1.29 is 18.7 Å². The Kier molecular flexibility index (Phi) is 5.90. The van der Waals surface area contributed by atoms with E-state index in [2.05, 4.69) is 4.98 Å². The molecule has 2 aromatic rings. The smallest absolute Gasteiger partial charge is 0.198 e. The molecular weight excluding hydrogens is 270 g/mol. The number of nitrogens with zero attached hydrogens (tertiary/aromatic N) is 1. The Labute approximate surface area is 124 Å². The third-order valence-corrected chi connectivity index (χ3v) is 3.43. The van der Waals surface area contributed by atoms with Crippen molar-refractivity contribution in [3.63, 3.8) is 0 Å². The van der Waals surface area contributed by atoms with Gasteiger partial charge in [0.2, 0.25) is 0 Å². The molecule has 5 heteroatoms. The van der Waals surface area contributed by atoms with Gasteiger partial charge >= 0.3 is 0 Å². The molecule has 2 rings (SSSR count). The van der Waals surface area contributed by atoms with Crippen molar-refractivity contribution in [2.75, 3.05) is 20.8 Å². The highest BCUT2D eigenvalue weighted by molar-refractivity contribution is 5.96. The number of pyridine rings is 1. The van der Waals surface area contributed by atoms with Crippen molar-refractivity contribution >= 4 is 16.9 Å². The summed E-state index contributed by atoms with van der Waals surface area (Å²) >= 11 is 0. The van der Waals surface area contributed by atoms with Crippen LogP contribution in [0, 0.1) is 0 Å². The lowest BCUT2D eigenvalue weighted by Gasteiger charge is -2.13. The molecule has 0 saturated carbocycles. The number of ether oxygens (including phenoxy) is 2. The van der Waals surface area contributed by atoms with Crippen LogP contribution >= 0.6 is 0 Å². The van der Waals surface area contributed by atoms with Gasteiger partial charge in [-0.1, -0.05) is 6.42 Å². The maximum absolute atomic E-state index is 12.1. The van der Waals surface area contributed by atoms with Crippen LogP contribution < -0.4 is 0 Å². The first-order valence-corrected chi connectivity index (χ1v) is 7.14. The fourth-order valence-electron chi connectivity index (χ4n) is 2.24. The first kappa shape index (κ1) is 15.7. The maximum atomic E-state index is 12.1. The van der Waals surface area contributed by atoms with Gasteiger partial charge in [0.05, 0.1) is 12.7 Å². The SMILES string of the molecule is COCC(CCCCC(=O)c1cc2ncccc2o1)OC. The van der Waals surface area contributed by atoms with Gasteiger partial charge in [0, 0.05) is 32.9 Å². The highest BCUT2D eigenvalue weighted by Crippen LogP contribution is 2.19. The fraction of sp³-hybridized carbons (Fsp3) is 0.500. The van der Waals surface area contributed by atoms with Gasteiger partial charge in [-0.15, -0.1) is 0 Å². The lowest BCUT2D eigenvalue weighted by atomic mass is 10.1. The van der Waals surface area contributed by atoms with Crippen molar-refractivity contribution in [3.8, 4) is 0 Å². The molecule has 0 radical (unpaired) electrons. The van der Waals surface area contributed by atoms with E-state index < -0.39 is 0 Å². The molecular formula is C16H21NO4. The lowest BCUT2D eigenvalue weighted by molar-refractivity contribution is 0.0220. The van der Waals surface area contributed by atoms with E-state index >= 15 is 0 Å². The third-order valence-electron chi connectivity index (χ3n) is 3.43. The Morgan fingerprint density at radius 1 is 1.38 bits per heavy atom. The number of ketones is 1. The second kappa shape index (κ2) is 7.90. The number of hydrogen-bond donors (Lipinski definition) is 0. The Morgan fingerprint density at radius 3 is 2.95 bits per heavy atom. The van der Waals surface area contributed by atoms with Crippen LogP contribution in [0.4, 0.5) is 0 Å². The molecule has 0 aliphatic heterocycles. The number of methoxy groups -OCH3 is 2.